The van der Waals surface area contributed by atoms with Gasteiger partial charge in [-0.25, -0.2) is 18.5 Å². The van der Waals surface area contributed by atoms with E-state index in [9.17, 15) is 23.2 Å². The third-order valence-corrected chi connectivity index (χ3v) is 5.89. The van der Waals surface area contributed by atoms with Crippen molar-refractivity contribution in [2.45, 2.75) is 6.61 Å². The second-order valence-electron chi connectivity index (χ2n) is 7.82. The molecule has 0 spiro atoms. The third-order valence-electron chi connectivity index (χ3n) is 5.30. The predicted molar refractivity (Wildman–Crippen MR) is 135 cm³/mol. The fourth-order valence-corrected chi connectivity index (χ4v) is 4.08. The summed E-state index contributed by atoms with van der Waals surface area (Å²) in [5.74, 6) is -1.90. The highest BCUT2D eigenvalue weighted by atomic mass is 79.9. The van der Waals surface area contributed by atoms with Gasteiger partial charge in [0.1, 0.15) is 30.5 Å². The molecular formula is C26H20BrF2N3O5. The van der Waals surface area contributed by atoms with Crippen LogP contribution in [0.4, 0.5) is 19.3 Å². The quantitative estimate of drug-likeness (QED) is 0.298. The van der Waals surface area contributed by atoms with Gasteiger partial charge in [-0.15, -0.1) is 0 Å². The molecule has 1 heterocycles. The molecule has 1 aliphatic rings. The minimum atomic E-state index is -0.796. The minimum absolute atomic E-state index is 0.0412. The lowest BCUT2D eigenvalue weighted by molar-refractivity contribution is -0.127. The second-order valence-corrected chi connectivity index (χ2v) is 8.68. The molecular weight excluding hydrogens is 552 g/mol. The number of anilines is 1. The van der Waals surface area contributed by atoms with Crippen molar-refractivity contribution in [1.82, 2.24) is 10.2 Å². The average Bonchev–Trinajstić information content (AvgIpc) is 3.12. The largest absolute Gasteiger partial charge is 0.493 e. The van der Waals surface area contributed by atoms with Crippen LogP contribution < -0.4 is 20.1 Å². The predicted octanol–water partition coefficient (Wildman–Crippen LogP) is 4.85. The van der Waals surface area contributed by atoms with Crippen LogP contribution in [0.1, 0.15) is 11.1 Å². The van der Waals surface area contributed by atoms with E-state index in [1.54, 1.807) is 30.3 Å². The van der Waals surface area contributed by atoms with Crippen LogP contribution in [0, 0.1) is 11.6 Å². The first-order chi connectivity index (χ1) is 17.8. The summed E-state index contributed by atoms with van der Waals surface area (Å²) in [5, 5.41) is 4.75. The SMILES string of the molecule is COc1cc(/C=C2/NC(=O)N(CC(=O)Nc3ccccc3F)C2=O)cc(Br)c1OCc1ccccc1F. The summed E-state index contributed by atoms with van der Waals surface area (Å²) in [4.78, 5) is 38.1. The number of benzene rings is 3. The molecule has 3 aromatic rings. The van der Waals surface area contributed by atoms with Gasteiger partial charge in [-0.2, -0.15) is 0 Å². The Balaban J connectivity index is 1.48. The van der Waals surface area contributed by atoms with Crippen molar-refractivity contribution in [3.05, 3.63) is 93.6 Å². The van der Waals surface area contributed by atoms with E-state index in [0.717, 1.165) is 0 Å². The van der Waals surface area contributed by atoms with Crippen LogP contribution in [0.25, 0.3) is 6.08 Å². The van der Waals surface area contributed by atoms with Crippen molar-refractivity contribution in [3.63, 3.8) is 0 Å². The van der Waals surface area contributed by atoms with E-state index in [1.807, 2.05) is 0 Å². The molecule has 0 radical (unpaired) electrons. The summed E-state index contributed by atoms with van der Waals surface area (Å²) < 4.78 is 39.3. The van der Waals surface area contributed by atoms with Crippen molar-refractivity contribution in [2.75, 3.05) is 19.0 Å². The number of carbonyl (C=O) groups excluding carboxylic acids is 3. The molecule has 0 atom stereocenters. The number of imide groups is 1. The molecule has 0 aliphatic carbocycles. The number of ether oxygens (including phenoxy) is 2. The number of carbonyl (C=O) groups is 3. The molecule has 37 heavy (non-hydrogen) atoms. The Hall–Kier alpha value is -4.25. The fraction of sp³-hybridized carbons (Fsp3) is 0.115. The van der Waals surface area contributed by atoms with Crippen molar-refractivity contribution in [2.24, 2.45) is 0 Å². The minimum Gasteiger partial charge on any atom is -0.493 e. The number of hydrogen-bond donors (Lipinski definition) is 2. The molecule has 1 fully saturated rings. The highest BCUT2D eigenvalue weighted by Crippen LogP contribution is 2.38. The lowest BCUT2D eigenvalue weighted by Crippen LogP contribution is -2.38. The van der Waals surface area contributed by atoms with Crippen molar-refractivity contribution >= 4 is 45.5 Å². The monoisotopic (exact) mass is 571 g/mol. The number of para-hydroxylation sites is 1. The van der Waals surface area contributed by atoms with E-state index in [0.29, 0.717) is 32.0 Å². The van der Waals surface area contributed by atoms with Crippen LogP contribution in [0.2, 0.25) is 0 Å². The molecule has 8 nitrogen and oxygen atoms in total. The maximum absolute atomic E-state index is 13.9. The number of nitrogens with zero attached hydrogens (tertiary/aromatic N) is 1. The number of urea groups is 1. The highest BCUT2D eigenvalue weighted by molar-refractivity contribution is 9.10. The lowest BCUT2D eigenvalue weighted by Gasteiger charge is -2.14. The molecule has 3 aromatic carbocycles. The third kappa shape index (κ3) is 5.95. The Morgan fingerprint density at radius 3 is 2.49 bits per heavy atom. The van der Waals surface area contributed by atoms with Crippen molar-refractivity contribution < 1.29 is 32.6 Å². The van der Waals surface area contributed by atoms with Gasteiger partial charge in [-0.05, 0) is 57.9 Å². The number of halogens is 3. The summed E-state index contributed by atoms with van der Waals surface area (Å²) in [5.41, 5.74) is 0.701. The molecule has 2 N–H and O–H groups in total. The maximum Gasteiger partial charge on any atom is 0.329 e. The van der Waals surface area contributed by atoms with E-state index in [-0.39, 0.29) is 18.0 Å². The van der Waals surface area contributed by atoms with E-state index in [1.165, 1.54) is 43.5 Å². The molecule has 1 aliphatic heterocycles. The molecule has 0 aromatic heterocycles. The fourth-order valence-electron chi connectivity index (χ4n) is 3.51. The van der Waals surface area contributed by atoms with Gasteiger partial charge in [-0.1, -0.05) is 30.3 Å². The van der Waals surface area contributed by atoms with Gasteiger partial charge in [0.15, 0.2) is 11.5 Å². The topological polar surface area (TPSA) is 97.0 Å². The Morgan fingerprint density at radius 2 is 1.78 bits per heavy atom. The maximum atomic E-state index is 13.9. The number of hydrogen-bond acceptors (Lipinski definition) is 5. The van der Waals surface area contributed by atoms with Crippen molar-refractivity contribution in [1.29, 1.82) is 0 Å². The normalized spacial score (nSPS) is 14.1. The lowest BCUT2D eigenvalue weighted by atomic mass is 10.1. The first-order valence-corrected chi connectivity index (χ1v) is 11.7. The Bertz CT molecular complexity index is 1410. The Labute approximate surface area is 219 Å². The van der Waals surface area contributed by atoms with E-state index < -0.39 is 36.0 Å². The van der Waals surface area contributed by atoms with Crippen LogP contribution in [0.5, 0.6) is 11.5 Å². The van der Waals surface area contributed by atoms with Crippen molar-refractivity contribution in [3.8, 4) is 11.5 Å². The van der Waals surface area contributed by atoms with E-state index in [2.05, 4.69) is 26.6 Å². The Kier molecular flexibility index (Phi) is 7.83. The summed E-state index contributed by atoms with van der Waals surface area (Å²) in [6.07, 6.45) is 1.41. The van der Waals surface area contributed by atoms with Gasteiger partial charge in [0.25, 0.3) is 5.91 Å². The molecule has 11 heteroatoms. The molecule has 0 bridgehead atoms. The van der Waals surface area contributed by atoms with Gasteiger partial charge in [0, 0.05) is 5.56 Å². The van der Waals surface area contributed by atoms with Gasteiger partial charge in [0.05, 0.1) is 17.3 Å². The van der Waals surface area contributed by atoms with E-state index >= 15 is 0 Å². The molecule has 4 rings (SSSR count). The summed E-state index contributed by atoms with van der Waals surface area (Å²) in [7, 11) is 1.42. The van der Waals surface area contributed by atoms with Gasteiger partial charge in [0.2, 0.25) is 5.91 Å². The van der Waals surface area contributed by atoms with Gasteiger partial charge < -0.3 is 20.1 Å². The zero-order valence-corrected chi connectivity index (χ0v) is 21.0. The Morgan fingerprint density at radius 1 is 1.08 bits per heavy atom. The molecule has 0 saturated carbocycles. The van der Waals surface area contributed by atoms with Crippen LogP contribution in [0.15, 0.2) is 70.8 Å². The second kappa shape index (κ2) is 11.2. The zero-order chi connectivity index (χ0) is 26.5. The average molecular weight is 572 g/mol. The molecule has 0 unspecified atom stereocenters. The van der Waals surface area contributed by atoms with Crippen LogP contribution in [-0.2, 0) is 16.2 Å². The van der Waals surface area contributed by atoms with E-state index in [4.69, 9.17) is 9.47 Å². The first-order valence-electron chi connectivity index (χ1n) is 10.9. The first kappa shape index (κ1) is 25.8. The zero-order valence-electron chi connectivity index (χ0n) is 19.4. The number of methoxy groups -OCH3 is 1. The van der Waals surface area contributed by atoms with Crippen LogP contribution >= 0.6 is 15.9 Å². The smallest absolute Gasteiger partial charge is 0.329 e. The molecule has 1 saturated heterocycles. The molecule has 4 amide bonds. The number of amides is 4. The van der Waals surface area contributed by atoms with Gasteiger partial charge in [-0.3, -0.25) is 9.59 Å². The summed E-state index contributed by atoms with van der Waals surface area (Å²) in [6.45, 7) is -0.646. The molecule has 190 valence electrons. The van der Waals surface area contributed by atoms with Crippen LogP contribution in [-0.4, -0.2) is 36.4 Å². The van der Waals surface area contributed by atoms with Crippen LogP contribution in [0.3, 0.4) is 0 Å². The number of nitrogens with one attached hydrogen (secondary N) is 2. The summed E-state index contributed by atoms with van der Waals surface area (Å²) in [6, 6.07) is 14.2. The summed E-state index contributed by atoms with van der Waals surface area (Å²) >= 11 is 3.39. The number of rotatable bonds is 8. The standard InChI is InChI=1S/C26H20BrF2N3O5/c1-36-22-12-15(10-17(27)24(22)37-14-16-6-2-3-7-18(16)28)11-21-25(34)32(26(35)31-21)13-23(33)30-20-9-5-4-8-19(20)29/h2-12H,13-14H2,1H3,(H,30,33)(H,31,35)/b21-11+. The highest BCUT2D eigenvalue weighted by Gasteiger charge is 2.35. The van der Waals surface area contributed by atoms with Gasteiger partial charge >= 0.3 is 6.03 Å².